The quantitative estimate of drug-likeness (QED) is 0.725. The second-order valence-corrected chi connectivity index (χ2v) is 3.26. The second kappa shape index (κ2) is 3.59. The van der Waals surface area contributed by atoms with Crippen LogP contribution in [0.25, 0.3) is 0 Å². The van der Waals surface area contributed by atoms with Gasteiger partial charge in [-0.2, -0.15) is 13.2 Å². The van der Waals surface area contributed by atoms with E-state index in [-0.39, 0.29) is 0 Å². The molecule has 0 radical (unpaired) electrons. The fraction of sp³-hybridized carbons (Fsp3) is 0.714. The molecule has 1 aliphatic rings. The molecule has 1 fully saturated rings. The van der Waals surface area contributed by atoms with E-state index in [1.807, 2.05) is 5.32 Å². The van der Waals surface area contributed by atoms with E-state index in [1.165, 1.54) is 0 Å². The summed E-state index contributed by atoms with van der Waals surface area (Å²) in [5.74, 6) is -0.772. The fourth-order valence-corrected chi connectivity index (χ4v) is 0.937. The van der Waals surface area contributed by atoms with Crippen LogP contribution in [0, 0.1) is 0 Å². The number of carbonyl (C=O) groups is 2. The van der Waals surface area contributed by atoms with Gasteiger partial charge in [0.05, 0.1) is 0 Å². The van der Waals surface area contributed by atoms with Gasteiger partial charge >= 0.3 is 12.3 Å². The fourth-order valence-electron chi connectivity index (χ4n) is 0.937. The van der Waals surface area contributed by atoms with E-state index in [9.17, 15) is 22.8 Å². The number of carbonyl (C=O) groups excluding carboxylic acids is 2. The third kappa shape index (κ3) is 3.30. The predicted molar refractivity (Wildman–Crippen MR) is 41.7 cm³/mol. The summed E-state index contributed by atoms with van der Waals surface area (Å²) in [6.07, 6.45) is -5.23. The minimum atomic E-state index is -4.58. The summed E-state index contributed by atoms with van der Waals surface area (Å²) in [4.78, 5) is 21.6. The summed E-state index contributed by atoms with van der Waals surface area (Å²) in [5.41, 5.74) is 3.73. The van der Waals surface area contributed by atoms with Crippen LogP contribution < -0.4 is 11.1 Å². The van der Waals surface area contributed by atoms with Crippen molar-refractivity contribution in [3.63, 3.8) is 0 Å². The lowest BCUT2D eigenvalue weighted by molar-refractivity contribution is -0.160. The Labute approximate surface area is 82.7 Å². The van der Waals surface area contributed by atoms with E-state index < -0.39 is 30.3 Å². The van der Waals surface area contributed by atoms with E-state index in [0.29, 0.717) is 12.8 Å². The number of rotatable bonds is 3. The van der Waals surface area contributed by atoms with Crippen LogP contribution in [0.3, 0.4) is 0 Å². The number of hydrogen-bond donors (Lipinski definition) is 2. The molecule has 0 aromatic carbocycles. The highest BCUT2D eigenvalue weighted by atomic mass is 19.4. The Hall–Kier alpha value is -1.47. The van der Waals surface area contributed by atoms with E-state index in [4.69, 9.17) is 5.73 Å². The zero-order valence-corrected chi connectivity index (χ0v) is 7.56. The zero-order valence-electron chi connectivity index (χ0n) is 7.56. The van der Waals surface area contributed by atoms with Crippen molar-refractivity contribution in [3.8, 4) is 0 Å². The van der Waals surface area contributed by atoms with Gasteiger partial charge in [0.25, 0.3) is 0 Å². The summed E-state index contributed by atoms with van der Waals surface area (Å²) in [5, 5.41) is 2.00. The number of primary amides is 1. The Morgan fingerprint density at radius 3 is 2.27 bits per heavy atom. The lowest BCUT2D eigenvalue weighted by Gasteiger charge is -2.14. The molecule has 1 aliphatic carbocycles. The van der Waals surface area contributed by atoms with Crippen LogP contribution in [-0.4, -0.2) is 30.3 Å². The lowest BCUT2D eigenvalue weighted by atomic mass is 10.3. The molecule has 0 heterocycles. The first-order valence-electron chi connectivity index (χ1n) is 4.07. The molecule has 0 unspecified atom stereocenters. The van der Waals surface area contributed by atoms with Gasteiger partial charge in [0.1, 0.15) is 5.54 Å². The summed E-state index contributed by atoms with van der Waals surface area (Å²) in [6, 6.07) is 0. The summed E-state index contributed by atoms with van der Waals surface area (Å²) in [6.45, 7) is -1.69. The van der Waals surface area contributed by atoms with Gasteiger partial charge in [0.2, 0.25) is 5.91 Å². The molecule has 8 heteroatoms. The summed E-state index contributed by atoms with van der Waals surface area (Å²) < 4.78 is 38.7. The van der Waals surface area contributed by atoms with Gasteiger partial charge in [-0.05, 0) is 12.8 Å². The molecule has 1 saturated carbocycles. The van der Waals surface area contributed by atoms with Crippen molar-refractivity contribution in [1.82, 2.24) is 5.32 Å². The highest BCUT2D eigenvalue weighted by molar-refractivity contribution is 5.91. The first-order valence-corrected chi connectivity index (χ1v) is 4.07. The summed E-state index contributed by atoms with van der Waals surface area (Å²) in [7, 11) is 0. The van der Waals surface area contributed by atoms with Crippen LogP contribution >= 0.6 is 0 Å². The number of halogens is 3. The molecule has 15 heavy (non-hydrogen) atoms. The molecule has 5 nitrogen and oxygen atoms in total. The largest absolute Gasteiger partial charge is 0.440 e. The number of amides is 2. The first kappa shape index (κ1) is 11.6. The van der Waals surface area contributed by atoms with Crippen LogP contribution in [0.4, 0.5) is 18.0 Å². The number of nitrogens with two attached hydrogens (primary N) is 1. The van der Waals surface area contributed by atoms with Crippen molar-refractivity contribution >= 4 is 12.0 Å². The minimum absolute atomic E-state index is 0.323. The van der Waals surface area contributed by atoms with Gasteiger partial charge in [-0.15, -0.1) is 0 Å². The van der Waals surface area contributed by atoms with Crippen LogP contribution in [0.5, 0.6) is 0 Å². The topological polar surface area (TPSA) is 81.4 Å². The third-order valence-corrected chi connectivity index (χ3v) is 1.93. The van der Waals surface area contributed by atoms with Crippen molar-refractivity contribution < 1.29 is 27.5 Å². The molecule has 0 bridgehead atoms. The normalized spacial score (nSPS) is 18.1. The maximum absolute atomic E-state index is 11.6. The Morgan fingerprint density at radius 2 is 1.93 bits per heavy atom. The van der Waals surface area contributed by atoms with Gasteiger partial charge in [-0.25, -0.2) is 4.79 Å². The Balaban J connectivity index is 2.34. The Morgan fingerprint density at radius 1 is 1.40 bits per heavy atom. The maximum Gasteiger partial charge on any atom is 0.422 e. The molecule has 0 aromatic rings. The molecule has 0 aliphatic heterocycles. The SMILES string of the molecule is NC(=O)C1(NC(=O)OCC(F)(F)F)CC1. The molecule has 0 saturated heterocycles. The van der Waals surface area contributed by atoms with E-state index in [0.717, 1.165) is 0 Å². The highest BCUT2D eigenvalue weighted by Crippen LogP contribution is 2.34. The molecule has 2 amide bonds. The molecule has 86 valence electrons. The molecule has 0 aromatic heterocycles. The summed E-state index contributed by atoms with van der Waals surface area (Å²) >= 11 is 0. The average molecular weight is 226 g/mol. The van der Waals surface area contributed by atoms with Crippen LogP contribution in [0.1, 0.15) is 12.8 Å². The van der Waals surface area contributed by atoms with Gasteiger partial charge in [-0.1, -0.05) is 0 Å². The molecule has 3 N–H and O–H groups in total. The lowest BCUT2D eigenvalue weighted by Crippen LogP contribution is -2.47. The van der Waals surface area contributed by atoms with Crippen molar-refractivity contribution in [2.75, 3.05) is 6.61 Å². The second-order valence-electron chi connectivity index (χ2n) is 3.26. The average Bonchev–Trinajstić information content (AvgIpc) is 2.81. The number of ether oxygens (including phenoxy) is 1. The maximum atomic E-state index is 11.6. The smallest absolute Gasteiger partial charge is 0.422 e. The van der Waals surface area contributed by atoms with Gasteiger partial charge in [0, 0.05) is 0 Å². The number of hydrogen-bond acceptors (Lipinski definition) is 3. The van der Waals surface area contributed by atoms with E-state index >= 15 is 0 Å². The molecular weight excluding hydrogens is 217 g/mol. The number of alkyl halides is 3. The number of nitrogens with one attached hydrogen (secondary N) is 1. The van der Waals surface area contributed by atoms with Crippen molar-refractivity contribution in [2.45, 2.75) is 24.6 Å². The number of alkyl carbamates (subject to hydrolysis) is 1. The monoisotopic (exact) mass is 226 g/mol. The van der Waals surface area contributed by atoms with Crippen molar-refractivity contribution in [1.29, 1.82) is 0 Å². The van der Waals surface area contributed by atoms with Gasteiger partial charge in [0.15, 0.2) is 6.61 Å². The van der Waals surface area contributed by atoms with Crippen molar-refractivity contribution in [2.24, 2.45) is 5.73 Å². The van der Waals surface area contributed by atoms with Crippen LogP contribution in [0.15, 0.2) is 0 Å². The molecule has 0 spiro atoms. The first-order chi connectivity index (χ1) is 6.75. The van der Waals surface area contributed by atoms with Crippen molar-refractivity contribution in [3.05, 3.63) is 0 Å². The third-order valence-electron chi connectivity index (χ3n) is 1.93. The Kier molecular flexibility index (Phi) is 2.78. The predicted octanol–water partition coefficient (Wildman–Crippen LogP) is 0.293. The highest BCUT2D eigenvalue weighted by Gasteiger charge is 2.50. The Bertz CT molecular complexity index is 286. The van der Waals surface area contributed by atoms with E-state index in [1.54, 1.807) is 0 Å². The minimum Gasteiger partial charge on any atom is -0.440 e. The van der Waals surface area contributed by atoms with Gasteiger partial charge < -0.3 is 15.8 Å². The van der Waals surface area contributed by atoms with Crippen LogP contribution in [-0.2, 0) is 9.53 Å². The van der Waals surface area contributed by atoms with Crippen LogP contribution in [0.2, 0.25) is 0 Å². The van der Waals surface area contributed by atoms with Gasteiger partial charge in [-0.3, -0.25) is 4.79 Å². The molecular formula is C7H9F3N2O3. The van der Waals surface area contributed by atoms with E-state index in [2.05, 4.69) is 4.74 Å². The molecule has 0 atom stereocenters. The zero-order chi connectivity index (χ0) is 11.7. The molecule has 1 rings (SSSR count). The standard InChI is InChI=1S/C7H9F3N2O3/c8-7(9,10)3-15-5(14)12-6(1-2-6)4(11)13/h1-3H2,(H2,11,13)(H,12,14).